The van der Waals surface area contributed by atoms with Crippen LogP contribution in [0.5, 0.6) is 0 Å². The van der Waals surface area contributed by atoms with Crippen molar-refractivity contribution < 1.29 is 38.4 Å². The number of hydrogen-bond acceptors (Lipinski definition) is 9. The van der Waals surface area contributed by atoms with Crippen molar-refractivity contribution in [3.63, 3.8) is 0 Å². The largest absolute Gasteiger partial charge is 0.453 e. The van der Waals surface area contributed by atoms with E-state index in [-0.39, 0.29) is 18.8 Å². The van der Waals surface area contributed by atoms with Crippen molar-refractivity contribution in [2.24, 2.45) is 0 Å². The Balaban J connectivity index is 1.30. The van der Waals surface area contributed by atoms with Gasteiger partial charge in [-0.2, -0.15) is 0 Å². The van der Waals surface area contributed by atoms with E-state index in [1.807, 2.05) is 42.5 Å². The Morgan fingerprint density at radius 2 is 1.80 bits per heavy atom. The molecule has 0 radical (unpaired) electrons. The van der Waals surface area contributed by atoms with Gasteiger partial charge in [0.2, 0.25) is 0 Å². The molecule has 3 saturated heterocycles. The van der Waals surface area contributed by atoms with Gasteiger partial charge in [-0.05, 0) is 30.2 Å². The van der Waals surface area contributed by atoms with E-state index in [1.54, 1.807) is 6.07 Å². The van der Waals surface area contributed by atoms with E-state index in [0.717, 1.165) is 49.2 Å². The quantitative estimate of drug-likeness (QED) is 0.474. The fourth-order valence-electron chi connectivity index (χ4n) is 5.49. The first kappa shape index (κ1) is 28.7. The third-order valence-electron chi connectivity index (χ3n) is 7.65. The third-order valence-corrected chi connectivity index (χ3v) is 7.65. The summed E-state index contributed by atoms with van der Waals surface area (Å²) < 4.78 is 29.7. The summed E-state index contributed by atoms with van der Waals surface area (Å²) in [7, 11) is 0. The molecule has 216 valence electrons. The highest BCUT2D eigenvalue weighted by Gasteiger charge is 2.41. The molecular formula is C30H38N2O8. The highest BCUT2D eigenvalue weighted by Crippen LogP contribution is 2.39. The van der Waals surface area contributed by atoms with Gasteiger partial charge in [-0.25, -0.2) is 0 Å². The van der Waals surface area contributed by atoms with Crippen molar-refractivity contribution in [2.45, 2.75) is 70.1 Å². The van der Waals surface area contributed by atoms with Gasteiger partial charge in [-0.3, -0.25) is 9.59 Å². The Kier molecular flexibility index (Phi) is 9.14. The lowest BCUT2D eigenvalue weighted by Crippen LogP contribution is -2.48. The fourth-order valence-corrected chi connectivity index (χ4v) is 5.49. The topological polar surface area (TPSA) is 116 Å². The molecule has 2 aromatic carbocycles. The summed E-state index contributed by atoms with van der Waals surface area (Å²) in [6, 6.07) is 15.1. The number of rotatable bonds is 8. The molecule has 2 aromatic rings. The van der Waals surface area contributed by atoms with Gasteiger partial charge >= 0.3 is 5.97 Å². The van der Waals surface area contributed by atoms with Crippen LogP contribution < -0.4 is 5.32 Å². The molecular weight excluding hydrogens is 516 g/mol. The lowest BCUT2D eigenvalue weighted by molar-refractivity contribution is -0.255. The Bertz CT molecular complexity index is 1160. The third kappa shape index (κ3) is 7.06. The van der Waals surface area contributed by atoms with E-state index in [4.69, 9.17) is 23.7 Å². The number of aliphatic hydroxyl groups is 1. The maximum Gasteiger partial charge on any atom is 0.303 e. The van der Waals surface area contributed by atoms with Crippen LogP contribution in [0.15, 0.2) is 48.5 Å². The van der Waals surface area contributed by atoms with Crippen LogP contribution in [0, 0.1) is 0 Å². The van der Waals surface area contributed by atoms with Gasteiger partial charge in [0.25, 0.3) is 5.91 Å². The molecule has 0 unspecified atom stereocenters. The molecule has 0 aliphatic carbocycles. The van der Waals surface area contributed by atoms with E-state index in [2.05, 4.69) is 10.2 Å². The number of carbonyl (C=O) groups is 2. The molecule has 10 heteroatoms. The number of likely N-dealkylation sites (tertiary alicyclic amines) is 1. The van der Waals surface area contributed by atoms with E-state index in [0.29, 0.717) is 25.3 Å². The van der Waals surface area contributed by atoms with Gasteiger partial charge in [0.15, 0.2) is 18.2 Å². The van der Waals surface area contributed by atoms with Crippen LogP contribution in [-0.4, -0.2) is 72.7 Å². The van der Waals surface area contributed by atoms with Crippen molar-refractivity contribution in [3.05, 3.63) is 65.2 Å². The number of hydrogen-bond donors (Lipinski definition) is 2. The van der Waals surface area contributed by atoms with Crippen LogP contribution in [0.3, 0.4) is 0 Å². The van der Waals surface area contributed by atoms with Gasteiger partial charge < -0.3 is 39.0 Å². The Labute approximate surface area is 234 Å². The number of nitrogens with one attached hydrogen (secondary N) is 1. The van der Waals surface area contributed by atoms with E-state index in [1.165, 1.54) is 13.8 Å². The van der Waals surface area contributed by atoms with Crippen LogP contribution >= 0.6 is 0 Å². The molecule has 0 bridgehead atoms. The second kappa shape index (κ2) is 12.8. The average Bonchev–Trinajstić information content (AvgIpc) is 3.42. The maximum absolute atomic E-state index is 12.5. The van der Waals surface area contributed by atoms with Crippen LogP contribution in [-0.2, 0) is 39.9 Å². The molecule has 3 aliphatic heterocycles. The van der Waals surface area contributed by atoms with Crippen molar-refractivity contribution in [2.75, 3.05) is 38.2 Å². The summed E-state index contributed by atoms with van der Waals surface area (Å²) in [5.41, 5.74) is 3.18. The maximum atomic E-state index is 12.5. The lowest BCUT2D eigenvalue weighted by atomic mass is 9.98. The zero-order valence-electron chi connectivity index (χ0n) is 23.0. The number of benzene rings is 2. The number of piperidine rings is 1. The Morgan fingerprint density at radius 1 is 1.07 bits per heavy atom. The predicted molar refractivity (Wildman–Crippen MR) is 145 cm³/mol. The summed E-state index contributed by atoms with van der Waals surface area (Å²) in [5, 5.41) is 12.3. The molecule has 2 N–H and O–H groups in total. The number of nitrogens with zero attached hydrogens (tertiary/aromatic N) is 1. The highest BCUT2D eigenvalue weighted by atomic mass is 16.7. The van der Waals surface area contributed by atoms with Gasteiger partial charge in [0.05, 0.1) is 32.0 Å². The van der Waals surface area contributed by atoms with Crippen LogP contribution in [0.1, 0.15) is 62.2 Å². The standard InChI is InChI=1S/C30H38N2O8/c1-20(38-21(2)34)28(35)31-25-5-3-4-24(16-25)29-39-26(17-27(40-29)23-8-6-22(19-33)7-9-23)18-32-12-10-30(11-13-32)36-14-15-37-30/h3-9,16,20,26-27,29,33H,10-15,17-19H2,1-2H3,(H,31,35)/t20-,26+,27-,29-/m0/s1. The smallest absolute Gasteiger partial charge is 0.303 e. The SMILES string of the molecule is CC(=O)O[C@@H](C)C(=O)Nc1cccc([C@H]2O[C@@H](CN3CCC4(CC3)OCCO4)C[C@@H](c3ccc(CO)cc3)O2)c1. The molecule has 3 fully saturated rings. The number of esters is 1. The fraction of sp³-hybridized carbons (Fsp3) is 0.533. The molecule has 10 nitrogen and oxygen atoms in total. The molecule has 40 heavy (non-hydrogen) atoms. The minimum Gasteiger partial charge on any atom is -0.453 e. The average molecular weight is 555 g/mol. The number of ether oxygens (including phenoxy) is 5. The number of carbonyl (C=O) groups excluding carboxylic acids is 2. The molecule has 4 atom stereocenters. The zero-order valence-corrected chi connectivity index (χ0v) is 23.0. The minimum atomic E-state index is -0.914. The van der Waals surface area contributed by atoms with Gasteiger partial charge in [0, 0.05) is 57.1 Å². The van der Waals surface area contributed by atoms with Crippen LogP contribution in [0.25, 0.3) is 0 Å². The lowest BCUT2D eigenvalue weighted by Gasteiger charge is -2.41. The second-order valence-electron chi connectivity index (χ2n) is 10.6. The van der Waals surface area contributed by atoms with Gasteiger partial charge in [0.1, 0.15) is 0 Å². The second-order valence-corrected chi connectivity index (χ2v) is 10.6. The first-order chi connectivity index (χ1) is 19.3. The molecule has 3 aliphatic rings. The summed E-state index contributed by atoms with van der Waals surface area (Å²) in [6.45, 7) is 6.57. The van der Waals surface area contributed by atoms with Gasteiger partial charge in [-0.1, -0.05) is 36.4 Å². The predicted octanol–water partition coefficient (Wildman–Crippen LogP) is 3.45. The minimum absolute atomic E-state index is 0.0152. The first-order valence-corrected chi connectivity index (χ1v) is 13.9. The Hall–Kier alpha value is -2.86. The van der Waals surface area contributed by atoms with Crippen LogP contribution in [0.4, 0.5) is 5.69 Å². The van der Waals surface area contributed by atoms with Crippen molar-refractivity contribution in [1.29, 1.82) is 0 Å². The number of anilines is 1. The normalized spacial score (nSPS) is 25.4. The molecule has 1 amide bonds. The van der Waals surface area contributed by atoms with Gasteiger partial charge in [-0.15, -0.1) is 0 Å². The molecule has 1 spiro atoms. The molecule has 3 heterocycles. The zero-order chi connectivity index (χ0) is 28.1. The van der Waals surface area contributed by atoms with E-state index >= 15 is 0 Å². The van der Waals surface area contributed by atoms with Crippen molar-refractivity contribution in [1.82, 2.24) is 4.90 Å². The monoisotopic (exact) mass is 554 g/mol. The van der Waals surface area contributed by atoms with Crippen molar-refractivity contribution >= 4 is 17.6 Å². The van der Waals surface area contributed by atoms with E-state index < -0.39 is 30.1 Å². The summed E-state index contributed by atoms with van der Waals surface area (Å²) >= 11 is 0. The van der Waals surface area contributed by atoms with Crippen LogP contribution in [0.2, 0.25) is 0 Å². The number of aliphatic hydroxyl groups excluding tert-OH is 1. The summed E-state index contributed by atoms with van der Waals surface area (Å²) in [5.74, 6) is -1.36. The summed E-state index contributed by atoms with van der Waals surface area (Å²) in [4.78, 5) is 26.1. The van der Waals surface area contributed by atoms with E-state index in [9.17, 15) is 14.7 Å². The molecule has 0 aromatic heterocycles. The number of amides is 1. The highest BCUT2D eigenvalue weighted by molar-refractivity contribution is 5.95. The molecule has 5 rings (SSSR count). The Morgan fingerprint density at radius 3 is 2.48 bits per heavy atom. The van der Waals surface area contributed by atoms with Crippen molar-refractivity contribution in [3.8, 4) is 0 Å². The summed E-state index contributed by atoms with van der Waals surface area (Å²) in [6.07, 6.45) is 0.474. The molecule has 0 saturated carbocycles. The first-order valence-electron chi connectivity index (χ1n) is 13.9.